The Morgan fingerprint density at radius 2 is 1.76 bits per heavy atom. The maximum atomic E-state index is 11.9. The van der Waals surface area contributed by atoms with Crippen molar-refractivity contribution >= 4 is 17.8 Å². The first-order valence-corrected chi connectivity index (χ1v) is 7.57. The van der Waals surface area contributed by atoms with Gasteiger partial charge in [0.15, 0.2) is 0 Å². The number of rotatable bonds is 6. The summed E-state index contributed by atoms with van der Waals surface area (Å²) in [4.78, 5) is 34.2. The van der Waals surface area contributed by atoms with Crippen molar-refractivity contribution in [3.05, 3.63) is 0 Å². The lowest BCUT2D eigenvalue weighted by molar-refractivity contribution is -0.141. The van der Waals surface area contributed by atoms with Gasteiger partial charge in [-0.15, -0.1) is 0 Å². The van der Waals surface area contributed by atoms with E-state index in [0.29, 0.717) is 11.8 Å². The highest BCUT2D eigenvalue weighted by molar-refractivity contribution is 5.86. The second-order valence-corrected chi connectivity index (χ2v) is 5.79. The summed E-state index contributed by atoms with van der Waals surface area (Å²) in [7, 11) is 1.26. The van der Waals surface area contributed by atoms with Crippen molar-refractivity contribution in [3.63, 3.8) is 0 Å². The minimum Gasteiger partial charge on any atom is -0.468 e. The highest BCUT2D eigenvalue weighted by atomic mass is 16.5. The smallest absolute Gasteiger partial charge is 0.325 e. The van der Waals surface area contributed by atoms with Gasteiger partial charge >= 0.3 is 5.97 Å². The molecule has 6 heteroatoms. The fourth-order valence-corrected chi connectivity index (χ4v) is 2.62. The van der Waals surface area contributed by atoms with E-state index in [9.17, 15) is 14.4 Å². The van der Waals surface area contributed by atoms with E-state index in [4.69, 9.17) is 0 Å². The molecule has 1 aliphatic rings. The molecule has 1 aliphatic carbocycles. The second kappa shape index (κ2) is 8.64. The Hall–Kier alpha value is -1.59. The number of carbonyl (C=O) groups excluding carboxylic acids is 3. The van der Waals surface area contributed by atoms with Crippen LogP contribution >= 0.6 is 0 Å². The molecule has 120 valence electrons. The maximum Gasteiger partial charge on any atom is 0.325 e. The summed E-state index contributed by atoms with van der Waals surface area (Å²) in [5.41, 5.74) is 0. The zero-order valence-electron chi connectivity index (χ0n) is 13.1. The monoisotopic (exact) mass is 298 g/mol. The van der Waals surface area contributed by atoms with Gasteiger partial charge in [-0.05, 0) is 18.3 Å². The minimum atomic E-state index is -0.502. The predicted octanol–water partition coefficient (Wildman–Crippen LogP) is 0.997. The molecule has 0 unspecified atom stereocenters. The third kappa shape index (κ3) is 6.14. The number of methoxy groups -OCH3 is 1. The van der Waals surface area contributed by atoms with Crippen LogP contribution in [-0.4, -0.2) is 37.5 Å². The van der Waals surface area contributed by atoms with Gasteiger partial charge in [-0.2, -0.15) is 0 Å². The summed E-state index contributed by atoms with van der Waals surface area (Å²) < 4.78 is 4.42. The molecule has 0 heterocycles. The molecule has 0 spiro atoms. The summed E-state index contributed by atoms with van der Waals surface area (Å²) in [5, 5.41) is 5.43. The van der Waals surface area contributed by atoms with Crippen molar-refractivity contribution in [2.45, 2.75) is 52.0 Å². The van der Waals surface area contributed by atoms with Gasteiger partial charge in [0.05, 0.1) is 7.11 Å². The third-order valence-electron chi connectivity index (χ3n) is 4.29. The van der Waals surface area contributed by atoms with E-state index >= 15 is 0 Å². The minimum absolute atomic E-state index is 0.0828. The predicted molar refractivity (Wildman–Crippen MR) is 78.4 cm³/mol. The lowest BCUT2D eigenvalue weighted by Gasteiger charge is -2.34. The van der Waals surface area contributed by atoms with Gasteiger partial charge in [-0.25, -0.2) is 0 Å². The molecule has 1 fully saturated rings. The van der Waals surface area contributed by atoms with Crippen LogP contribution in [0.1, 0.15) is 46.0 Å². The number of nitrogens with one attached hydrogen (secondary N) is 2. The van der Waals surface area contributed by atoms with Crippen molar-refractivity contribution in [2.75, 3.05) is 13.7 Å². The van der Waals surface area contributed by atoms with Gasteiger partial charge in [-0.1, -0.05) is 26.7 Å². The molecule has 0 aromatic carbocycles. The lowest BCUT2D eigenvalue weighted by atomic mass is 9.78. The number of hydrogen-bond acceptors (Lipinski definition) is 4. The van der Waals surface area contributed by atoms with Gasteiger partial charge in [0.1, 0.15) is 6.54 Å². The molecular weight excluding hydrogens is 272 g/mol. The van der Waals surface area contributed by atoms with Crippen LogP contribution in [0.15, 0.2) is 0 Å². The average Bonchev–Trinajstić information content (AvgIpc) is 2.47. The molecule has 0 saturated heterocycles. The van der Waals surface area contributed by atoms with Crippen LogP contribution in [0.3, 0.4) is 0 Å². The SMILES string of the molecule is COC(=O)CNC(=O)CCC(=O)N[C@H]1CCC[C@@H](C)[C@@H]1C. The lowest BCUT2D eigenvalue weighted by Crippen LogP contribution is -2.44. The summed E-state index contributed by atoms with van der Waals surface area (Å²) in [6.45, 7) is 4.22. The van der Waals surface area contributed by atoms with E-state index < -0.39 is 5.97 Å². The van der Waals surface area contributed by atoms with Crippen LogP contribution in [0, 0.1) is 11.8 Å². The van der Waals surface area contributed by atoms with Crippen molar-refractivity contribution in [3.8, 4) is 0 Å². The molecule has 0 radical (unpaired) electrons. The van der Waals surface area contributed by atoms with Crippen LogP contribution in [0.2, 0.25) is 0 Å². The Morgan fingerprint density at radius 1 is 1.10 bits per heavy atom. The average molecular weight is 298 g/mol. The van der Waals surface area contributed by atoms with Crippen LogP contribution in [-0.2, 0) is 19.1 Å². The van der Waals surface area contributed by atoms with Gasteiger partial charge in [0, 0.05) is 18.9 Å². The van der Waals surface area contributed by atoms with Crippen molar-refractivity contribution in [1.29, 1.82) is 0 Å². The van der Waals surface area contributed by atoms with E-state index in [2.05, 4.69) is 29.2 Å². The number of carbonyl (C=O) groups is 3. The second-order valence-electron chi connectivity index (χ2n) is 5.79. The topological polar surface area (TPSA) is 84.5 Å². The zero-order chi connectivity index (χ0) is 15.8. The summed E-state index contributed by atoms with van der Waals surface area (Å²) in [6.07, 6.45) is 3.58. The zero-order valence-corrected chi connectivity index (χ0v) is 13.1. The van der Waals surface area contributed by atoms with Crippen molar-refractivity contribution in [1.82, 2.24) is 10.6 Å². The molecule has 2 N–H and O–H groups in total. The Bertz CT molecular complexity index is 384. The van der Waals surface area contributed by atoms with E-state index in [1.54, 1.807) is 0 Å². The molecule has 0 aromatic rings. The van der Waals surface area contributed by atoms with E-state index in [1.165, 1.54) is 13.5 Å². The highest BCUT2D eigenvalue weighted by Crippen LogP contribution is 2.29. The molecule has 0 bridgehead atoms. The van der Waals surface area contributed by atoms with Crippen molar-refractivity contribution < 1.29 is 19.1 Å². The highest BCUT2D eigenvalue weighted by Gasteiger charge is 2.28. The van der Waals surface area contributed by atoms with Crippen LogP contribution in [0.4, 0.5) is 0 Å². The Morgan fingerprint density at radius 3 is 2.43 bits per heavy atom. The molecular formula is C15H26N2O4. The number of ether oxygens (including phenoxy) is 1. The third-order valence-corrected chi connectivity index (χ3v) is 4.29. The number of esters is 1. The molecule has 1 saturated carbocycles. The van der Waals surface area contributed by atoms with E-state index in [-0.39, 0.29) is 37.2 Å². The molecule has 0 aromatic heterocycles. The van der Waals surface area contributed by atoms with Gasteiger partial charge in [0.2, 0.25) is 11.8 Å². The van der Waals surface area contributed by atoms with Gasteiger partial charge in [0.25, 0.3) is 0 Å². The normalized spacial score (nSPS) is 25.0. The van der Waals surface area contributed by atoms with Crippen LogP contribution in [0.5, 0.6) is 0 Å². The Labute approximate surface area is 126 Å². The first kappa shape index (κ1) is 17.5. The molecule has 0 aliphatic heterocycles. The fraction of sp³-hybridized carbons (Fsp3) is 0.800. The molecule has 1 rings (SSSR count). The quantitative estimate of drug-likeness (QED) is 0.716. The van der Waals surface area contributed by atoms with Crippen molar-refractivity contribution in [2.24, 2.45) is 11.8 Å². The molecule has 21 heavy (non-hydrogen) atoms. The van der Waals surface area contributed by atoms with Crippen LogP contribution < -0.4 is 10.6 Å². The van der Waals surface area contributed by atoms with Gasteiger partial charge in [-0.3, -0.25) is 14.4 Å². The molecule has 6 nitrogen and oxygen atoms in total. The summed E-state index contributed by atoms with van der Waals surface area (Å²) in [6, 6.07) is 0.208. The molecule has 3 atom stereocenters. The van der Waals surface area contributed by atoms with Crippen LogP contribution in [0.25, 0.3) is 0 Å². The standard InChI is InChI=1S/C15H26N2O4/c1-10-5-4-6-12(11(10)2)17-14(19)8-7-13(18)16-9-15(20)21-3/h10-12H,4-9H2,1-3H3,(H,16,18)(H,17,19)/t10-,11+,12+/m1/s1. The van der Waals surface area contributed by atoms with E-state index in [0.717, 1.165) is 12.8 Å². The first-order chi connectivity index (χ1) is 9.93. The summed E-state index contributed by atoms with van der Waals surface area (Å²) in [5.74, 6) is 0.163. The largest absolute Gasteiger partial charge is 0.468 e. The van der Waals surface area contributed by atoms with Gasteiger partial charge < -0.3 is 15.4 Å². The Balaban J connectivity index is 2.24. The summed E-state index contributed by atoms with van der Waals surface area (Å²) >= 11 is 0. The first-order valence-electron chi connectivity index (χ1n) is 7.57. The maximum absolute atomic E-state index is 11.9. The fourth-order valence-electron chi connectivity index (χ4n) is 2.62. The Kier molecular flexibility index (Phi) is 7.19. The van der Waals surface area contributed by atoms with E-state index in [1.807, 2.05) is 0 Å². The number of hydrogen-bond donors (Lipinski definition) is 2. The molecule has 2 amide bonds. The number of amides is 2.